The van der Waals surface area contributed by atoms with Gasteiger partial charge in [-0.25, -0.2) is 4.98 Å². The Hall–Kier alpha value is -2.82. The molecule has 0 atom stereocenters. The van der Waals surface area contributed by atoms with E-state index in [2.05, 4.69) is 16.8 Å². The van der Waals surface area contributed by atoms with Crippen LogP contribution in [0.15, 0.2) is 42.6 Å². The number of nitrogens with zero attached hydrogens (tertiary/aromatic N) is 2. The minimum atomic E-state index is 0.0620. The highest BCUT2D eigenvalue weighted by Crippen LogP contribution is 2.14. The second-order valence-electron chi connectivity index (χ2n) is 4.25. The van der Waals surface area contributed by atoms with Crippen molar-refractivity contribution in [2.24, 2.45) is 0 Å². The van der Waals surface area contributed by atoms with Crippen LogP contribution in [0.4, 0.5) is 0 Å². The van der Waals surface area contributed by atoms with Crippen LogP contribution in [0.5, 0.6) is 5.75 Å². The summed E-state index contributed by atoms with van der Waals surface area (Å²) in [5.41, 5.74) is 2.10. The lowest BCUT2D eigenvalue weighted by Gasteiger charge is -2.06. The summed E-state index contributed by atoms with van der Waals surface area (Å²) in [5, 5.41) is 17.5. The molecule has 0 fully saturated rings. The van der Waals surface area contributed by atoms with Crippen LogP contribution in [0.2, 0.25) is 0 Å². The first kappa shape index (κ1) is 14.6. The molecule has 0 saturated carbocycles. The zero-order valence-corrected chi connectivity index (χ0v) is 11.4. The molecule has 104 valence electrons. The molecule has 0 unspecified atom stereocenters. The molecule has 0 aliphatic carbocycles. The summed E-state index contributed by atoms with van der Waals surface area (Å²) in [6, 6.07) is 13.0. The standard InChI is InChI=1S/C17H14N2O2/c18-12-16-10-15(7-8-19-16)13-21-17-6-3-5-14(11-17)4-1-2-9-20/h3,5-8,10-11,20H,2,9,13H2. The van der Waals surface area contributed by atoms with Crippen molar-refractivity contribution in [3.05, 3.63) is 59.4 Å². The van der Waals surface area contributed by atoms with Crippen molar-refractivity contribution in [2.75, 3.05) is 6.61 Å². The van der Waals surface area contributed by atoms with E-state index in [4.69, 9.17) is 15.1 Å². The third-order valence-corrected chi connectivity index (χ3v) is 2.65. The van der Waals surface area contributed by atoms with Crippen LogP contribution < -0.4 is 4.74 Å². The van der Waals surface area contributed by atoms with Gasteiger partial charge in [-0.05, 0) is 35.9 Å². The molecule has 0 aliphatic heterocycles. The van der Waals surface area contributed by atoms with E-state index in [0.29, 0.717) is 24.5 Å². The number of aliphatic hydroxyl groups is 1. The summed E-state index contributed by atoms with van der Waals surface area (Å²) in [6.45, 7) is 0.428. The average Bonchev–Trinajstić information content (AvgIpc) is 2.54. The van der Waals surface area contributed by atoms with Crippen molar-refractivity contribution < 1.29 is 9.84 Å². The zero-order chi connectivity index (χ0) is 14.9. The van der Waals surface area contributed by atoms with Gasteiger partial charge >= 0.3 is 0 Å². The predicted octanol–water partition coefficient (Wildman–Crippen LogP) is 2.27. The Kier molecular flexibility index (Phi) is 5.34. The van der Waals surface area contributed by atoms with Gasteiger partial charge in [0.1, 0.15) is 24.1 Å². The van der Waals surface area contributed by atoms with Crippen molar-refractivity contribution in [3.8, 4) is 23.7 Å². The Morgan fingerprint density at radius 2 is 2.14 bits per heavy atom. The maximum Gasteiger partial charge on any atom is 0.140 e. The number of aromatic nitrogens is 1. The highest BCUT2D eigenvalue weighted by Gasteiger charge is 1.99. The van der Waals surface area contributed by atoms with Crippen LogP contribution in [0, 0.1) is 23.2 Å². The molecule has 2 aromatic rings. The van der Waals surface area contributed by atoms with Gasteiger partial charge in [0.15, 0.2) is 0 Å². The Morgan fingerprint density at radius 3 is 2.95 bits per heavy atom. The topological polar surface area (TPSA) is 66.1 Å². The molecule has 0 aliphatic rings. The molecule has 0 bridgehead atoms. The van der Waals surface area contributed by atoms with E-state index < -0.39 is 0 Å². The lowest BCUT2D eigenvalue weighted by molar-refractivity contribution is 0.305. The maximum absolute atomic E-state index is 8.80. The van der Waals surface area contributed by atoms with Gasteiger partial charge in [-0.2, -0.15) is 5.26 Å². The second-order valence-corrected chi connectivity index (χ2v) is 4.25. The van der Waals surface area contributed by atoms with E-state index in [-0.39, 0.29) is 6.61 Å². The minimum absolute atomic E-state index is 0.0620. The third-order valence-electron chi connectivity index (χ3n) is 2.65. The molecular formula is C17H14N2O2. The fourth-order valence-electron chi connectivity index (χ4n) is 1.68. The number of aliphatic hydroxyl groups excluding tert-OH is 1. The van der Waals surface area contributed by atoms with Crippen LogP contribution in [0.3, 0.4) is 0 Å². The molecule has 0 spiro atoms. The van der Waals surface area contributed by atoms with Gasteiger partial charge in [0, 0.05) is 18.2 Å². The fourth-order valence-corrected chi connectivity index (χ4v) is 1.68. The Bertz CT molecular complexity index is 708. The van der Waals surface area contributed by atoms with Crippen LogP contribution in [-0.4, -0.2) is 16.7 Å². The Morgan fingerprint density at radius 1 is 1.24 bits per heavy atom. The molecule has 0 amide bonds. The summed E-state index contributed by atoms with van der Waals surface area (Å²) in [7, 11) is 0. The van der Waals surface area contributed by atoms with Crippen molar-refractivity contribution >= 4 is 0 Å². The monoisotopic (exact) mass is 278 g/mol. The average molecular weight is 278 g/mol. The Balaban J connectivity index is 2.02. The summed E-state index contributed by atoms with van der Waals surface area (Å²) >= 11 is 0. The van der Waals surface area contributed by atoms with E-state index in [9.17, 15) is 0 Å². The molecule has 1 N–H and O–H groups in total. The lowest BCUT2D eigenvalue weighted by Crippen LogP contribution is -1.97. The quantitative estimate of drug-likeness (QED) is 0.871. The number of rotatable bonds is 4. The van der Waals surface area contributed by atoms with Gasteiger partial charge in [-0.3, -0.25) is 0 Å². The van der Waals surface area contributed by atoms with Crippen molar-refractivity contribution in [2.45, 2.75) is 13.0 Å². The first-order valence-corrected chi connectivity index (χ1v) is 6.49. The zero-order valence-electron chi connectivity index (χ0n) is 11.4. The van der Waals surface area contributed by atoms with Gasteiger partial charge in [0.2, 0.25) is 0 Å². The maximum atomic E-state index is 8.80. The lowest BCUT2D eigenvalue weighted by atomic mass is 10.2. The molecule has 21 heavy (non-hydrogen) atoms. The normalized spacial score (nSPS) is 9.33. The van der Waals surface area contributed by atoms with Gasteiger partial charge < -0.3 is 9.84 Å². The molecule has 0 radical (unpaired) electrons. The molecule has 0 saturated heterocycles. The van der Waals surface area contributed by atoms with E-state index >= 15 is 0 Å². The summed E-state index contributed by atoms with van der Waals surface area (Å²) in [4.78, 5) is 3.91. The number of hydrogen-bond donors (Lipinski definition) is 1. The smallest absolute Gasteiger partial charge is 0.140 e. The van der Waals surface area contributed by atoms with E-state index in [1.54, 1.807) is 12.3 Å². The summed E-state index contributed by atoms with van der Waals surface area (Å²) in [5.74, 6) is 6.54. The fraction of sp³-hybridized carbons (Fsp3) is 0.176. The van der Waals surface area contributed by atoms with Crippen LogP contribution in [-0.2, 0) is 6.61 Å². The molecule has 4 heteroatoms. The first-order valence-electron chi connectivity index (χ1n) is 6.49. The summed E-state index contributed by atoms with van der Waals surface area (Å²) < 4.78 is 5.68. The van der Waals surface area contributed by atoms with E-state index in [1.165, 1.54) is 0 Å². The van der Waals surface area contributed by atoms with Crippen LogP contribution in [0.25, 0.3) is 0 Å². The first-order chi connectivity index (χ1) is 10.3. The predicted molar refractivity (Wildman–Crippen MR) is 78.3 cm³/mol. The van der Waals surface area contributed by atoms with Gasteiger partial charge in [0.25, 0.3) is 0 Å². The molecular weight excluding hydrogens is 264 g/mol. The number of nitriles is 1. The molecule has 1 aromatic heterocycles. The minimum Gasteiger partial charge on any atom is -0.489 e. The van der Waals surface area contributed by atoms with Crippen LogP contribution in [0.1, 0.15) is 23.2 Å². The van der Waals surface area contributed by atoms with E-state index in [1.807, 2.05) is 36.4 Å². The third kappa shape index (κ3) is 4.65. The molecule has 2 rings (SSSR count). The van der Waals surface area contributed by atoms with E-state index in [0.717, 1.165) is 11.1 Å². The van der Waals surface area contributed by atoms with Gasteiger partial charge in [0.05, 0.1) is 6.61 Å². The highest BCUT2D eigenvalue weighted by atomic mass is 16.5. The number of ether oxygens (including phenoxy) is 1. The summed E-state index contributed by atoms with van der Waals surface area (Å²) in [6.07, 6.45) is 2.05. The Labute approximate surface area is 123 Å². The SMILES string of the molecule is N#Cc1cc(COc2cccc(C#CCCO)c2)ccn1. The molecule has 4 nitrogen and oxygen atoms in total. The van der Waals surface area contributed by atoms with Gasteiger partial charge in [-0.1, -0.05) is 17.9 Å². The molecule has 1 aromatic carbocycles. The number of benzene rings is 1. The van der Waals surface area contributed by atoms with Gasteiger partial charge in [-0.15, -0.1) is 0 Å². The van der Waals surface area contributed by atoms with Crippen molar-refractivity contribution in [1.29, 1.82) is 5.26 Å². The number of pyridine rings is 1. The van der Waals surface area contributed by atoms with Crippen LogP contribution >= 0.6 is 0 Å². The van der Waals surface area contributed by atoms with Crippen molar-refractivity contribution in [3.63, 3.8) is 0 Å². The molecule has 1 heterocycles. The number of hydrogen-bond acceptors (Lipinski definition) is 4. The second kappa shape index (κ2) is 7.69. The highest BCUT2D eigenvalue weighted by molar-refractivity contribution is 5.39. The van der Waals surface area contributed by atoms with Crippen molar-refractivity contribution in [1.82, 2.24) is 4.98 Å². The largest absolute Gasteiger partial charge is 0.489 e.